The Balaban J connectivity index is 2.10. The van der Waals surface area contributed by atoms with Gasteiger partial charge in [-0.25, -0.2) is 0 Å². The number of hydrogen-bond donors (Lipinski definition) is 1. The minimum absolute atomic E-state index is 0.0110. The molecule has 1 aliphatic rings. The number of nitrogens with two attached hydrogens (primary N) is 1. The summed E-state index contributed by atoms with van der Waals surface area (Å²) in [6.07, 6.45) is 2.09. The summed E-state index contributed by atoms with van der Waals surface area (Å²) in [6.45, 7) is 1.55. The largest absolute Gasteiger partial charge is 0.341 e. The van der Waals surface area contributed by atoms with Crippen LogP contribution in [0.15, 0.2) is 30.3 Å². The molecule has 0 aromatic heterocycles. The van der Waals surface area contributed by atoms with Crippen molar-refractivity contribution in [2.75, 3.05) is 31.1 Å². The van der Waals surface area contributed by atoms with Gasteiger partial charge in [0.25, 0.3) is 0 Å². The summed E-state index contributed by atoms with van der Waals surface area (Å²) in [7, 11) is 0. The maximum Gasteiger partial charge on any atom is 0.242 e. The molecule has 0 aliphatic carbocycles. The van der Waals surface area contributed by atoms with Crippen LogP contribution in [0.5, 0.6) is 0 Å². The van der Waals surface area contributed by atoms with Crippen molar-refractivity contribution in [1.29, 1.82) is 0 Å². The van der Waals surface area contributed by atoms with E-state index in [1.54, 1.807) is 4.90 Å². The molecule has 1 aromatic carbocycles. The van der Waals surface area contributed by atoms with Crippen LogP contribution in [0, 0.1) is 0 Å². The van der Waals surface area contributed by atoms with Crippen molar-refractivity contribution < 1.29 is 9.59 Å². The highest BCUT2D eigenvalue weighted by atomic mass is 16.2. The third kappa shape index (κ3) is 3.32. The molecule has 2 rings (SSSR count). The Morgan fingerprint density at radius 3 is 2.37 bits per heavy atom. The normalized spacial score (nSPS) is 14.5. The van der Waals surface area contributed by atoms with Crippen molar-refractivity contribution in [2.45, 2.75) is 12.8 Å². The number of rotatable bonds is 4. The number of anilines is 1. The lowest BCUT2D eigenvalue weighted by Crippen LogP contribution is -2.44. The van der Waals surface area contributed by atoms with Gasteiger partial charge in [-0.3, -0.25) is 9.59 Å². The molecule has 5 nitrogen and oxygen atoms in total. The average Bonchev–Trinajstić information content (AvgIpc) is 2.99. The second-order valence-corrected chi connectivity index (χ2v) is 4.61. The zero-order valence-electron chi connectivity index (χ0n) is 10.9. The molecule has 0 spiro atoms. The molecule has 2 amide bonds. The minimum atomic E-state index is -0.237. The van der Waals surface area contributed by atoms with E-state index in [2.05, 4.69) is 0 Å². The van der Waals surface area contributed by atoms with Crippen LogP contribution in [-0.2, 0) is 9.59 Å². The van der Waals surface area contributed by atoms with Gasteiger partial charge in [-0.15, -0.1) is 0 Å². The molecule has 0 bridgehead atoms. The molecular weight excluding hydrogens is 242 g/mol. The number of para-hydroxylation sites is 1. The highest BCUT2D eigenvalue weighted by Crippen LogP contribution is 2.15. The monoisotopic (exact) mass is 261 g/mol. The summed E-state index contributed by atoms with van der Waals surface area (Å²) >= 11 is 0. The number of nitrogens with zero attached hydrogens (tertiary/aromatic N) is 2. The molecule has 1 aromatic rings. The van der Waals surface area contributed by atoms with Crippen LogP contribution >= 0.6 is 0 Å². The van der Waals surface area contributed by atoms with E-state index in [1.165, 1.54) is 4.90 Å². The molecule has 102 valence electrons. The zero-order valence-corrected chi connectivity index (χ0v) is 10.9. The van der Waals surface area contributed by atoms with Crippen LogP contribution in [0.4, 0.5) is 5.69 Å². The van der Waals surface area contributed by atoms with E-state index in [-0.39, 0.29) is 24.9 Å². The highest BCUT2D eigenvalue weighted by Gasteiger charge is 2.23. The van der Waals surface area contributed by atoms with Gasteiger partial charge in [-0.1, -0.05) is 18.2 Å². The lowest BCUT2D eigenvalue weighted by molar-refractivity contribution is -0.130. The fourth-order valence-corrected chi connectivity index (χ4v) is 2.24. The van der Waals surface area contributed by atoms with Crippen LogP contribution in [0.25, 0.3) is 0 Å². The standard InChI is InChI=1S/C14H19N3O2/c15-10-13(18)17(12-6-2-1-3-7-12)11-14(19)16-8-4-5-9-16/h1-3,6-7H,4-5,8-11,15H2. The lowest BCUT2D eigenvalue weighted by Gasteiger charge is -2.24. The predicted octanol–water partition coefficient (Wildman–Crippen LogP) is 0.601. The molecular formula is C14H19N3O2. The van der Waals surface area contributed by atoms with Gasteiger partial charge in [0.15, 0.2) is 0 Å². The first-order valence-electron chi connectivity index (χ1n) is 6.55. The van der Waals surface area contributed by atoms with E-state index in [1.807, 2.05) is 30.3 Å². The maximum atomic E-state index is 12.1. The Hall–Kier alpha value is -1.88. The SMILES string of the molecule is NCC(=O)N(CC(=O)N1CCCC1)c1ccccc1. The van der Waals surface area contributed by atoms with Gasteiger partial charge in [0.2, 0.25) is 11.8 Å². The van der Waals surface area contributed by atoms with Crippen molar-refractivity contribution in [3.8, 4) is 0 Å². The van der Waals surface area contributed by atoms with E-state index in [0.717, 1.165) is 25.9 Å². The van der Waals surface area contributed by atoms with Gasteiger partial charge in [0.05, 0.1) is 6.54 Å². The number of carbonyl (C=O) groups is 2. The van der Waals surface area contributed by atoms with E-state index in [4.69, 9.17) is 5.73 Å². The smallest absolute Gasteiger partial charge is 0.242 e. The quantitative estimate of drug-likeness (QED) is 0.863. The molecule has 1 saturated heterocycles. The highest BCUT2D eigenvalue weighted by molar-refractivity contribution is 5.99. The van der Waals surface area contributed by atoms with Gasteiger partial charge in [0.1, 0.15) is 6.54 Å². The van der Waals surface area contributed by atoms with Gasteiger partial charge < -0.3 is 15.5 Å². The molecule has 1 heterocycles. The van der Waals surface area contributed by atoms with Crippen molar-refractivity contribution in [1.82, 2.24) is 4.90 Å². The first kappa shape index (κ1) is 13.5. The summed E-state index contributed by atoms with van der Waals surface area (Å²) in [5, 5.41) is 0. The topological polar surface area (TPSA) is 66.6 Å². The zero-order chi connectivity index (χ0) is 13.7. The molecule has 0 saturated carbocycles. The van der Waals surface area contributed by atoms with Crippen LogP contribution in [-0.4, -0.2) is 42.9 Å². The van der Waals surface area contributed by atoms with E-state index < -0.39 is 0 Å². The van der Waals surface area contributed by atoms with Crippen LogP contribution < -0.4 is 10.6 Å². The first-order valence-corrected chi connectivity index (χ1v) is 6.55. The predicted molar refractivity (Wildman–Crippen MR) is 73.7 cm³/mol. The molecule has 1 fully saturated rings. The van der Waals surface area contributed by atoms with E-state index in [0.29, 0.717) is 5.69 Å². The summed E-state index contributed by atoms with van der Waals surface area (Å²) < 4.78 is 0. The third-order valence-electron chi connectivity index (χ3n) is 3.30. The summed E-state index contributed by atoms with van der Waals surface area (Å²) in [6, 6.07) is 9.17. The van der Waals surface area contributed by atoms with Crippen molar-refractivity contribution in [3.05, 3.63) is 30.3 Å². The van der Waals surface area contributed by atoms with Crippen LogP contribution in [0.1, 0.15) is 12.8 Å². The summed E-state index contributed by atoms with van der Waals surface area (Å²) in [5.74, 6) is -0.248. The van der Waals surface area contributed by atoms with E-state index >= 15 is 0 Å². The number of likely N-dealkylation sites (tertiary alicyclic amines) is 1. The first-order chi connectivity index (χ1) is 9.22. The minimum Gasteiger partial charge on any atom is -0.341 e. The van der Waals surface area contributed by atoms with Crippen molar-refractivity contribution in [3.63, 3.8) is 0 Å². The Morgan fingerprint density at radius 1 is 1.16 bits per heavy atom. The molecule has 19 heavy (non-hydrogen) atoms. The Bertz CT molecular complexity index is 441. The van der Waals surface area contributed by atoms with Gasteiger partial charge >= 0.3 is 0 Å². The number of amides is 2. The summed E-state index contributed by atoms with van der Waals surface area (Å²) in [4.78, 5) is 27.3. The number of hydrogen-bond acceptors (Lipinski definition) is 3. The second-order valence-electron chi connectivity index (χ2n) is 4.61. The summed E-state index contributed by atoms with van der Waals surface area (Å²) in [5.41, 5.74) is 6.14. The van der Waals surface area contributed by atoms with Crippen LogP contribution in [0.3, 0.4) is 0 Å². The van der Waals surface area contributed by atoms with Crippen LogP contribution in [0.2, 0.25) is 0 Å². The Morgan fingerprint density at radius 2 is 1.79 bits per heavy atom. The Labute approximate surface area is 113 Å². The molecule has 0 atom stereocenters. The molecule has 5 heteroatoms. The van der Waals surface area contributed by atoms with E-state index in [9.17, 15) is 9.59 Å². The average molecular weight is 261 g/mol. The van der Waals surface area contributed by atoms with Crippen molar-refractivity contribution >= 4 is 17.5 Å². The maximum absolute atomic E-state index is 12.1. The second kappa shape index (κ2) is 6.33. The lowest BCUT2D eigenvalue weighted by atomic mass is 10.2. The number of carbonyl (C=O) groups excluding carboxylic acids is 2. The fraction of sp³-hybridized carbons (Fsp3) is 0.429. The van der Waals surface area contributed by atoms with Crippen molar-refractivity contribution in [2.24, 2.45) is 5.73 Å². The molecule has 0 radical (unpaired) electrons. The number of benzene rings is 1. The van der Waals surface area contributed by atoms with Gasteiger partial charge in [-0.05, 0) is 25.0 Å². The fourth-order valence-electron chi connectivity index (χ4n) is 2.24. The molecule has 0 unspecified atom stereocenters. The molecule has 1 aliphatic heterocycles. The van der Waals surface area contributed by atoms with Gasteiger partial charge in [0, 0.05) is 18.8 Å². The Kier molecular flexibility index (Phi) is 4.52. The van der Waals surface area contributed by atoms with Gasteiger partial charge in [-0.2, -0.15) is 0 Å². The third-order valence-corrected chi connectivity index (χ3v) is 3.30. The molecule has 2 N–H and O–H groups in total.